The zero-order valence-electron chi connectivity index (χ0n) is 17.1. The fourth-order valence-corrected chi connectivity index (χ4v) is 2.90. The average Bonchev–Trinajstić information content (AvgIpc) is 3.13. The van der Waals surface area contributed by atoms with Gasteiger partial charge in [0, 0.05) is 46.8 Å². The van der Waals surface area contributed by atoms with Gasteiger partial charge in [-0.15, -0.1) is 24.0 Å². The van der Waals surface area contributed by atoms with Crippen LogP contribution in [0.15, 0.2) is 35.3 Å². The van der Waals surface area contributed by atoms with Crippen LogP contribution in [0.3, 0.4) is 0 Å². The summed E-state index contributed by atoms with van der Waals surface area (Å²) >= 11 is 0. The number of hydrogen-bond acceptors (Lipinski definition) is 4. The Morgan fingerprint density at radius 2 is 2.07 bits per heavy atom. The highest BCUT2D eigenvalue weighted by Gasteiger charge is 2.25. The summed E-state index contributed by atoms with van der Waals surface area (Å²) in [6.45, 7) is 4.57. The molecule has 0 saturated carbocycles. The third kappa shape index (κ3) is 8.74. The van der Waals surface area contributed by atoms with Gasteiger partial charge in [-0.25, -0.2) is 4.99 Å². The normalized spacial score (nSPS) is 16.6. The summed E-state index contributed by atoms with van der Waals surface area (Å²) in [6, 6.07) is 10.2. The number of carbonyl (C=O) groups is 1. The number of guanidine groups is 1. The van der Waals surface area contributed by atoms with Crippen molar-refractivity contribution >= 4 is 35.8 Å². The van der Waals surface area contributed by atoms with Crippen LogP contribution in [0.1, 0.15) is 12.0 Å². The number of likely N-dealkylation sites (N-methyl/N-ethyl adjacent to an activating group) is 1. The highest BCUT2D eigenvalue weighted by atomic mass is 127. The van der Waals surface area contributed by atoms with Gasteiger partial charge in [0.05, 0.1) is 19.8 Å². The van der Waals surface area contributed by atoms with Crippen LogP contribution in [-0.4, -0.2) is 82.3 Å². The van der Waals surface area contributed by atoms with E-state index in [0.29, 0.717) is 25.7 Å². The summed E-state index contributed by atoms with van der Waals surface area (Å²) in [4.78, 5) is 20.1. The van der Waals surface area contributed by atoms with Crippen molar-refractivity contribution in [2.24, 2.45) is 10.9 Å². The predicted molar refractivity (Wildman–Crippen MR) is 122 cm³/mol. The van der Waals surface area contributed by atoms with Crippen molar-refractivity contribution in [3.63, 3.8) is 0 Å². The van der Waals surface area contributed by atoms with Gasteiger partial charge in [-0.2, -0.15) is 0 Å². The van der Waals surface area contributed by atoms with Gasteiger partial charge in [0.25, 0.3) is 0 Å². The van der Waals surface area contributed by atoms with Gasteiger partial charge >= 0.3 is 0 Å². The van der Waals surface area contributed by atoms with Crippen molar-refractivity contribution < 1.29 is 14.3 Å². The predicted octanol–water partition coefficient (Wildman–Crippen LogP) is 1.82. The van der Waals surface area contributed by atoms with E-state index < -0.39 is 0 Å². The van der Waals surface area contributed by atoms with E-state index in [1.807, 2.05) is 18.2 Å². The molecule has 1 aromatic rings. The molecule has 1 fully saturated rings. The molecule has 0 spiro atoms. The minimum absolute atomic E-state index is 0. The average molecular weight is 504 g/mol. The lowest BCUT2D eigenvalue weighted by Gasteiger charge is -2.22. The minimum Gasteiger partial charge on any atom is -0.383 e. The molecule has 0 aromatic heterocycles. The van der Waals surface area contributed by atoms with E-state index in [1.54, 1.807) is 26.1 Å². The van der Waals surface area contributed by atoms with Gasteiger partial charge in [0.1, 0.15) is 6.54 Å². The quantitative estimate of drug-likeness (QED) is 0.241. The Bertz CT molecular complexity index is 598. The van der Waals surface area contributed by atoms with Crippen LogP contribution in [0.4, 0.5) is 0 Å². The number of nitrogens with zero attached hydrogens (tertiary/aromatic N) is 3. The maximum Gasteiger partial charge on any atom is 0.243 e. The first-order valence-electron chi connectivity index (χ1n) is 9.44. The van der Waals surface area contributed by atoms with Crippen LogP contribution in [0.2, 0.25) is 0 Å². The van der Waals surface area contributed by atoms with Gasteiger partial charge in [-0.3, -0.25) is 4.79 Å². The zero-order chi connectivity index (χ0) is 19.5. The number of methoxy groups -OCH3 is 1. The summed E-state index contributed by atoms with van der Waals surface area (Å²) in [5.41, 5.74) is 1.19. The third-order valence-corrected chi connectivity index (χ3v) is 4.50. The van der Waals surface area contributed by atoms with Crippen molar-refractivity contribution in [3.8, 4) is 0 Å². The molecule has 2 rings (SSSR count). The highest BCUT2D eigenvalue weighted by Crippen LogP contribution is 2.17. The fraction of sp³-hybridized carbons (Fsp3) is 0.600. The lowest BCUT2D eigenvalue weighted by atomic mass is 10.1. The minimum atomic E-state index is -0.0111. The molecule has 1 heterocycles. The van der Waals surface area contributed by atoms with Gasteiger partial charge in [-0.1, -0.05) is 30.3 Å². The number of halogens is 1. The van der Waals surface area contributed by atoms with E-state index in [2.05, 4.69) is 27.3 Å². The standard InChI is InChI=1S/C20H32N4O3.HI/c1-23(2)19(25)13-22-20(21-10-12-26-3)24-11-9-18(14-24)16-27-15-17-7-5-4-6-8-17;/h4-8,18H,9-16H2,1-3H3,(H,21,22);1H. The maximum absolute atomic E-state index is 11.9. The molecule has 1 unspecified atom stereocenters. The highest BCUT2D eigenvalue weighted by molar-refractivity contribution is 14.0. The second-order valence-electron chi connectivity index (χ2n) is 6.95. The van der Waals surface area contributed by atoms with Crippen LogP contribution in [0.5, 0.6) is 0 Å². The topological polar surface area (TPSA) is 66.4 Å². The maximum atomic E-state index is 11.9. The summed E-state index contributed by atoms with van der Waals surface area (Å²) in [5, 5.41) is 3.30. The van der Waals surface area contributed by atoms with Crippen molar-refractivity contribution in [3.05, 3.63) is 35.9 Å². The Labute approximate surface area is 185 Å². The molecule has 1 aliphatic heterocycles. The van der Waals surface area contributed by atoms with Crippen molar-refractivity contribution in [1.29, 1.82) is 0 Å². The van der Waals surface area contributed by atoms with E-state index in [0.717, 1.165) is 32.1 Å². The first-order chi connectivity index (χ1) is 13.1. The number of amides is 1. The Kier molecular flexibility index (Phi) is 12.1. The molecule has 0 bridgehead atoms. The molecule has 158 valence electrons. The molecule has 1 N–H and O–H groups in total. The first-order valence-corrected chi connectivity index (χ1v) is 9.44. The van der Waals surface area contributed by atoms with Gasteiger partial charge in [-0.05, 0) is 12.0 Å². The molecule has 28 heavy (non-hydrogen) atoms. The van der Waals surface area contributed by atoms with Crippen LogP contribution in [0, 0.1) is 5.92 Å². The van der Waals surface area contributed by atoms with E-state index >= 15 is 0 Å². The Morgan fingerprint density at radius 3 is 2.75 bits per heavy atom. The molecule has 7 nitrogen and oxygen atoms in total. The third-order valence-electron chi connectivity index (χ3n) is 4.50. The number of ether oxygens (including phenoxy) is 2. The number of aliphatic imine (C=N–C) groups is 1. The van der Waals surface area contributed by atoms with Gasteiger partial charge < -0.3 is 24.6 Å². The molecule has 1 amide bonds. The molecule has 8 heteroatoms. The molecule has 1 saturated heterocycles. The second-order valence-corrected chi connectivity index (χ2v) is 6.95. The molecule has 1 atom stereocenters. The SMILES string of the molecule is COCCNC(=NCC(=O)N(C)C)N1CCC(COCc2ccccc2)C1.I. The zero-order valence-corrected chi connectivity index (χ0v) is 19.4. The number of rotatable bonds is 9. The Hall–Kier alpha value is -1.39. The van der Waals surface area contributed by atoms with Gasteiger partial charge in [0.15, 0.2) is 5.96 Å². The van der Waals surface area contributed by atoms with Crippen LogP contribution >= 0.6 is 24.0 Å². The van der Waals surface area contributed by atoms with Crippen molar-refractivity contribution in [2.45, 2.75) is 13.0 Å². The first kappa shape index (κ1) is 24.6. The van der Waals surface area contributed by atoms with Crippen LogP contribution < -0.4 is 5.32 Å². The molecule has 0 radical (unpaired) electrons. The van der Waals surface area contributed by atoms with Gasteiger partial charge in [0.2, 0.25) is 5.91 Å². The number of carbonyl (C=O) groups excluding carboxylic acids is 1. The fourth-order valence-electron chi connectivity index (χ4n) is 2.90. The van der Waals surface area contributed by atoms with E-state index in [1.165, 1.54) is 5.56 Å². The monoisotopic (exact) mass is 504 g/mol. The van der Waals surface area contributed by atoms with Crippen molar-refractivity contribution in [2.75, 3.05) is 60.6 Å². The second kappa shape index (κ2) is 13.7. The summed E-state index contributed by atoms with van der Waals surface area (Å²) in [7, 11) is 5.15. The number of hydrogen-bond donors (Lipinski definition) is 1. The van der Waals surface area contributed by atoms with E-state index in [4.69, 9.17) is 9.47 Å². The van der Waals surface area contributed by atoms with E-state index in [-0.39, 0.29) is 36.4 Å². The molecule has 1 aliphatic rings. The van der Waals surface area contributed by atoms with E-state index in [9.17, 15) is 4.79 Å². The van der Waals surface area contributed by atoms with Crippen molar-refractivity contribution in [1.82, 2.24) is 15.1 Å². The molecular weight excluding hydrogens is 471 g/mol. The Morgan fingerprint density at radius 1 is 1.32 bits per heavy atom. The number of benzene rings is 1. The largest absolute Gasteiger partial charge is 0.383 e. The van der Waals surface area contributed by atoms with Crippen LogP contribution in [0.25, 0.3) is 0 Å². The molecule has 0 aliphatic carbocycles. The molecular formula is C20H33IN4O3. The summed E-state index contributed by atoms with van der Waals surface area (Å²) in [5.74, 6) is 1.23. The number of likely N-dealkylation sites (tertiary alicyclic amines) is 1. The number of nitrogens with one attached hydrogen (secondary N) is 1. The Balaban J connectivity index is 0.00000392. The summed E-state index contributed by atoms with van der Waals surface area (Å²) in [6.07, 6.45) is 1.06. The smallest absolute Gasteiger partial charge is 0.243 e. The lowest BCUT2D eigenvalue weighted by molar-refractivity contribution is -0.127. The molecule has 1 aromatic carbocycles. The summed E-state index contributed by atoms with van der Waals surface area (Å²) < 4.78 is 11.0. The van der Waals surface area contributed by atoms with Crippen LogP contribution in [-0.2, 0) is 20.9 Å². The lowest BCUT2D eigenvalue weighted by Crippen LogP contribution is -2.42.